The highest BCUT2D eigenvalue weighted by Crippen LogP contribution is 2.28. The van der Waals surface area contributed by atoms with Crippen LogP contribution in [-0.2, 0) is 18.2 Å². The molecule has 1 aromatic rings. The van der Waals surface area contributed by atoms with E-state index < -0.39 is 0 Å². The molecule has 0 amide bonds. The van der Waals surface area contributed by atoms with Crippen LogP contribution in [0, 0.1) is 11.8 Å². The number of nitrogens with zero attached hydrogens (tertiary/aromatic N) is 2. The fourth-order valence-electron chi connectivity index (χ4n) is 2.16. The van der Waals surface area contributed by atoms with Crippen LogP contribution in [0.15, 0.2) is 12.5 Å². The van der Waals surface area contributed by atoms with Gasteiger partial charge in [-0.25, -0.2) is 4.98 Å². The van der Waals surface area contributed by atoms with Crippen molar-refractivity contribution in [3.05, 3.63) is 18.2 Å². The second-order valence-corrected chi connectivity index (χ2v) is 4.51. The number of aryl methyl sites for hydroxylation is 1. The van der Waals surface area contributed by atoms with Gasteiger partial charge < -0.3 is 9.30 Å². The SMILES string of the molecule is CC[C@H]1C(=S)OC[C@@H]1Cc1cncn1C. The van der Waals surface area contributed by atoms with Crippen LogP contribution < -0.4 is 0 Å². The van der Waals surface area contributed by atoms with Gasteiger partial charge in [0, 0.05) is 30.8 Å². The molecule has 0 aliphatic carbocycles. The van der Waals surface area contributed by atoms with Gasteiger partial charge in [-0.1, -0.05) is 6.92 Å². The average molecular weight is 224 g/mol. The molecule has 0 N–H and O–H groups in total. The van der Waals surface area contributed by atoms with Gasteiger partial charge in [-0.2, -0.15) is 0 Å². The maximum absolute atomic E-state index is 5.46. The van der Waals surface area contributed by atoms with Crippen molar-refractivity contribution in [3.8, 4) is 0 Å². The van der Waals surface area contributed by atoms with Crippen LogP contribution in [-0.4, -0.2) is 21.2 Å². The van der Waals surface area contributed by atoms with Gasteiger partial charge in [-0.05, 0) is 25.1 Å². The first-order valence-corrected chi connectivity index (χ1v) is 5.75. The van der Waals surface area contributed by atoms with Gasteiger partial charge >= 0.3 is 0 Å². The first-order chi connectivity index (χ1) is 7.22. The molecule has 0 bridgehead atoms. The van der Waals surface area contributed by atoms with E-state index in [1.54, 1.807) is 0 Å². The lowest BCUT2D eigenvalue weighted by molar-refractivity contribution is 0.291. The van der Waals surface area contributed by atoms with Crippen molar-refractivity contribution in [2.75, 3.05) is 6.61 Å². The first kappa shape index (κ1) is 10.6. The molecule has 82 valence electrons. The average Bonchev–Trinajstić information content (AvgIpc) is 2.76. The maximum Gasteiger partial charge on any atom is 0.163 e. The van der Waals surface area contributed by atoms with E-state index in [2.05, 4.69) is 16.5 Å². The third-order valence-corrected chi connectivity index (χ3v) is 3.56. The summed E-state index contributed by atoms with van der Waals surface area (Å²) in [6, 6.07) is 0. The highest BCUT2D eigenvalue weighted by molar-refractivity contribution is 7.80. The molecule has 0 saturated carbocycles. The van der Waals surface area contributed by atoms with Crippen molar-refractivity contribution in [1.82, 2.24) is 9.55 Å². The van der Waals surface area contributed by atoms with E-state index in [-0.39, 0.29) is 0 Å². The van der Waals surface area contributed by atoms with E-state index in [0.717, 1.165) is 24.5 Å². The molecule has 15 heavy (non-hydrogen) atoms. The molecule has 1 saturated heterocycles. The van der Waals surface area contributed by atoms with Gasteiger partial charge in [0.25, 0.3) is 0 Å². The molecule has 4 heteroatoms. The number of rotatable bonds is 3. The van der Waals surface area contributed by atoms with Gasteiger partial charge in [0.15, 0.2) is 5.05 Å². The summed E-state index contributed by atoms with van der Waals surface area (Å²) in [5.41, 5.74) is 1.26. The van der Waals surface area contributed by atoms with Crippen LogP contribution in [0.4, 0.5) is 0 Å². The molecule has 1 aliphatic rings. The van der Waals surface area contributed by atoms with Crippen molar-refractivity contribution < 1.29 is 4.74 Å². The Labute approximate surface area is 95.5 Å². The molecular formula is C11H16N2OS. The van der Waals surface area contributed by atoms with Gasteiger partial charge in [-0.15, -0.1) is 0 Å². The second-order valence-electron chi connectivity index (χ2n) is 4.10. The summed E-state index contributed by atoms with van der Waals surface area (Å²) in [4.78, 5) is 4.12. The van der Waals surface area contributed by atoms with Crippen molar-refractivity contribution in [2.45, 2.75) is 19.8 Å². The number of hydrogen-bond acceptors (Lipinski definition) is 3. The monoisotopic (exact) mass is 224 g/mol. The summed E-state index contributed by atoms with van der Waals surface area (Å²) < 4.78 is 7.52. The van der Waals surface area contributed by atoms with Crippen LogP contribution >= 0.6 is 12.2 Å². The third kappa shape index (κ3) is 2.04. The Morgan fingerprint density at radius 2 is 2.47 bits per heavy atom. The lowest BCUT2D eigenvalue weighted by Crippen LogP contribution is -2.17. The highest BCUT2D eigenvalue weighted by atomic mass is 32.1. The molecule has 0 spiro atoms. The van der Waals surface area contributed by atoms with Gasteiger partial charge in [0.05, 0.1) is 12.9 Å². The Balaban J connectivity index is 2.06. The van der Waals surface area contributed by atoms with Crippen LogP contribution in [0.2, 0.25) is 0 Å². The zero-order valence-electron chi connectivity index (χ0n) is 9.14. The molecule has 1 fully saturated rings. The zero-order valence-corrected chi connectivity index (χ0v) is 9.96. The smallest absolute Gasteiger partial charge is 0.163 e. The molecule has 0 unspecified atom stereocenters. The Bertz CT molecular complexity index is 361. The van der Waals surface area contributed by atoms with Crippen molar-refractivity contribution in [2.24, 2.45) is 18.9 Å². The number of hydrogen-bond donors (Lipinski definition) is 0. The van der Waals surface area contributed by atoms with E-state index in [1.165, 1.54) is 5.69 Å². The van der Waals surface area contributed by atoms with Gasteiger partial charge in [0.1, 0.15) is 0 Å². The Morgan fingerprint density at radius 3 is 3.07 bits per heavy atom. The largest absolute Gasteiger partial charge is 0.486 e. The lowest BCUT2D eigenvalue weighted by Gasteiger charge is -2.14. The third-order valence-electron chi connectivity index (χ3n) is 3.14. The molecule has 0 radical (unpaired) electrons. The zero-order chi connectivity index (χ0) is 10.8. The fraction of sp³-hybridized carbons (Fsp3) is 0.636. The summed E-state index contributed by atoms with van der Waals surface area (Å²) >= 11 is 5.20. The minimum absolute atomic E-state index is 0.440. The number of thiocarbonyl (C=S) groups is 1. The number of aromatic nitrogens is 2. The predicted molar refractivity (Wildman–Crippen MR) is 62.7 cm³/mol. The summed E-state index contributed by atoms with van der Waals surface area (Å²) in [7, 11) is 2.03. The van der Waals surface area contributed by atoms with E-state index in [0.29, 0.717) is 11.8 Å². The second kappa shape index (κ2) is 4.31. The van der Waals surface area contributed by atoms with E-state index in [9.17, 15) is 0 Å². The molecule has 2 rings (SSSR count). The molecule has 2 heterocycles. The molecule has 1 aliphatic heterocycles. The topological polar surface area (TPSA) is 27.1 Å². The highest BCUT2D eigenvalue weighted by Gasteiger charge is 2.32. The fourth-order valence-corrected chi connectivity index (χ4v) is 2.58. The Kier molecular flexibility index (Phi) is 3.05. The summed E-state index contributed by atoms with van der Waals surface area (Å²) in [6.07, 6.45) is 5.84. The predicted octanol–water partition coefficient (Wildman–Crippen LogP) is 1.96. The normalized spacial score (nSPS) is 25.6. The number of ether oxygens (including phenoxy) is 1. The molecule has 1 aromatic heterocycles. The summed E-state index contributed by atoms with van der Waals surface area (Å²) in [5.74, 6) is 0.966. The molecule has 2 atom stereocenters. The van der Waals surface area contributed by atoms with Crippen LogP contribution in [0.5, 0.6) is 0 Å². The van der Waals surface area contributed by atoms with Gasteiger partial charge in [0.2, 0.25) is 0 Å². The number of imidazole rings is 1. The summed E-state index contributed by atoms with van der Waals surface area (Å²) in [5, 5.41) is 0.796. The van der Waals surface area contributed by atoms with Crippen LogP contribution in [0.1, 0.15) is 19.0 Å². The summed E-state index contributed by atoms with van der Waals surface area (Å²) in [6.45, 7) is 2.93. The lowest BCUT2D eigenvalue weighted by atomic mass is 9.90. The van der Waals surface area contributed by atoms with Crippen molar-refractivity contribution in [3.63, 3.8) is 0 Å². The van der Waals surface area contributed by atoms with E-state index in [1.807, 2.05) is 19.6 Å². The van der Waals surface area contributed by atoms with Crippen molar-refractivity contribution in [1.29, 1.82) is 0 Å². The molecule has 0 aromatic carbocycles. The first-order valence-electron chi connectivity index (χ1n) is 5.34. The quantitative estimate of drug-likeness (QED) is 0.734. The minimum Gasteiger partial charge on any atom is -0.486 e. The molecular weight excluding hydrogens is 208 g/mol. The molecule has 3 nitrogen and oxygen atoms in total. The van der Waals surface area contributed by atoms with Crippen molar-refractivity contribution >= 4 is 17.3 Å². The van der Waals surface area contributed by atoms with Crippen LogP contribution in [0.3, 0.4) is 0 Å². The standard InChI is InChI=1S/C11H16N2OS/c1-3-10-8(6-14-11(10)15)4-9-5-12-7-13(9)2/h5,7-8,10H,3-4,6H2,1-2H3/t8-,10+/m0/s1. The Morgan fingerprint density at radius 1 is 1.67 bits per heavy atom. The minimum atomic E-state index is 0.440. The van der Waals surface area contributed by atoms with E-state index >= 15 is 0 Å². The maximum atomic E-state index is 5.46. The van der Waals surface area contributed by atoms with Crippen LogP contribution in [0.25, 0.3) is 0 Å². The van der Waals surface area contributed by atoms with E-state index in [4.69, 9.17) is 17.0 Å². The van der Waals surface area contributed by atoms with Gasteiger partial charge in [-0.3, -0.25) is 0 Å². The Hall–Kier alpha value is -0.900.